The Labute approximate surface area is 176 Å². The molecule has 0 saturated carbocycles. The van der Waals surface area contributed by atoms with Crippen molar-refractivity contribution in [3.05, 3.63) is 40.9 Å². The quantitative estimate of drug-likeness (QED) is 0.693. The molecule has 0 N–H and O–H groups in total. The van der Waals surface area contributed by atoms with Crippen LogP contribution in [0.3, 0.4) is 0 Å². The molecule has 2 unspecified atom stereocenters. The number of benzene rings is 1. The largest absolute Gasteiger partial charge is 0.372 e. The van der Waals surface area contributed by atoms with Gasteiger partial charge in [-0.2, -0.15) is 0 Å². The maximum Gasteiger partial charge on any atom is 0.237 e. The molecule has 8 heteroatoms. The van der Waals surface area contributed by atoms with Gasteiger partial charge in [-0.3, -0.25) is 4.79 Å². The van der Waals surface area contributed by atoms with Crippen molar-refractivity contribution in [2.24, 2.45) is 0 Å². The number of carbonyl (C=O) groups excluding carboxylic acids is 1. The van der Waals surface area contributed by atoms with Gasteiger partial charge in [0.2, 0.25) is 5.91 Å². The predicted molar refractivity (Wildman–Crippen MR) is 116 cm³/mol. The van der Waals surface area contributed by atoms with E-state index in [4.69, 9.17) is 4.74 Å². The van der Waals surface area contributed by atoms with Crippen molar-refractivity contribution in [1.29, 1.82) is 0 Å². The van der Waals surface area contributed by atoms with Gasteiger partial charge in [0.05, 0.1) is 23.7 Å². The summed E-state index contributed by atoms with van der Waals surface area (Å²) in [6.07, 6.45) is -0.179. The molecule has 2 heterocycles. The highest BCUT2D eigenvalue weighted by atomic mass is 32.2. The third kappa shape index (κ3) is 5.87. The molecule has 0 bridgehead atoms. The number of amides is 1. The lowest BCUT2D eigenvalue weighted by atomic mass is 10.0. The first kappa shape index (κ1) is 21.9. The molecule has 0 radical (unpaired) electrons. The summed E-state index contributed by atoms with van der Waals surface area (Å²) in [5, 5.41) is 2.54. The van der Waals surface area contributed by atoms with Gasteiger partial charge in [-0.05, 0) is 25.3 Å². The van der Waals surface area contributed by atoms with Gasteiger partial charge in [-0.1, -0.05) is 38.1 Å². The Hall–Kier alpha value is -1.77. The van der Waals surface area contributed by atoms with Crippen molar-refractivity contribution in [1.82, 2.24) is 9.88 Å². The highest BCUT2D eigenvalue weighted by Gasteiger charge is 2.29. The Bertz CT molecular complexity index is 941. The lowest BCUT2D eigenvalue weighted by molar-refractivity contribution is -0.140. The molecule has 1 fully saturated rings. The number of aromatic nitrogens is 1. The van der Waals surface area contributed by atoms with E-state index in [-0.39, 0.29) is 23.9 Å². The van der Waals surface area contributed by atoms with E-state index in [1.165, 1.54) is 16.9 Å². The molecule has 0 aliphatic carbocycles. The molecule has 1 amide bonds. The summed E-state index contributed by atoms with van der Waals surface area (Å²) >= 11 is 1.42. The number of ether oxygens (including phenoxy) is 1. The molecule has 2 aromatic rings. The number of hydrogen-bond donors (Lipinski definition) is 0. The molecule has 158 valence electrons. The van der Waals surface area contributed by atoms with Crippen LogP contribution in [0.1, 0.15) is 44.9 Å². The van der Waals surface area contributed by atoms with E-state index in [1.54, 1.807) is 10.3 Å². The van der Waals surface area contributed by atoms with Crippen LogP contribution in [-0.2, 0) is 25.1 Å². The summed E-state index contributed by atoms with van der Waals surface area (Å²) in [7, 11) is -3.59. The van der Waals surface area contributed by atoms with Crippen LogP contribution >= 0.6 is 11.3 Å². The second-order valence-corrected chi connectivity index (χ2v) is 10.9. The number of morpholine rings is 1. The highest BCUT2D eigenvalue weighted by Crippen LogP contribution is 2.26. The number of thiazole rings is 1. The summed E-state index contributed by atoms with van der Waals surface area (Å²) in [6.45, 7) is 8.89. The van der Waals surface area contributed by atoms with Gasteiger partial charge < -0.3 is 9.64 Å². The first-order valence-electron chi connectivity index (χ1n) is 9.81. The van der Waals surface area contributed by atoms with Crippen molar-refractivity contribution < 1.29 is 17.9 Å². The normalized spacial score (nSPS) is 20.2. The first-order chi connectivity index (χ1) is 13.6. The highest BCUT2D eigenvalue weighted by molar-refractivity contribution is 7.91. The minimum atomic E-state index is -3.59. The van der Waals surface area contributed by atoms with Crippen LogP contribution in [0, 0.1) is 0 Å². The van der Waals surface area contributed by atoms with Crippen molar-refractivity contribution in [2.75, 3.05) is 18.8 Å². The second-order valence-electron chi connectivity index (χ2n) is 8.01. The molecule has 3 rings (SSSR count). The lowest BCUT2D eigenvalue weighted by Gasteiger charge is -2.35. The van der Waals surface area contributed by atoms with Gasteiger partial charge >= 0.3 is 0 Å². The average molecular weight is 437 g/mol. The molecule has 1 saturated heterocycles. The summed E-state index contributed by atoms with van der Waals surface area (Å²) in [6, 6.07) is 8.16. The molecular weight excluding hydrogens is 408 g/mol. The van der Waals surface area contributed by atoms with E-state index in [2.05, 4.69) is 31.0 Å². The number of hydrogen-bond acceptors (Lipinski definition) is 6. The Morgan fingerprint density at radius 1 is 1.21 bits per heavy atom. The second kappa shape index (κ2) is 8.93. The van der Waals surface area contributed by atoms with Crippen molar-refractivity contribution in [2.45, 2.75) is 51.6 Å². The van der Waals surface area contributed by atoms with Gasteiger partial charge in [0.25, 0.3) is 0 Å². The molecule has 0 spiro atoms. The zero-order valence-electron chi connectivity index (χ0n) is 17.3. The number of nitrogens with zero attached hydrogens (tertiary/aromatic N) is 2. The molecule has 1 aromatic carbocycles. The monoisotopic (exact) mass is 436 g/mol. The summed E-state index contributed by atoms with van der Waals surface area (Å²) in [5.41, 5.74) is 2.70. The third-order valence-corrected chi connectivity index (χ3v) is 7.22. The van der Waals surface area contributed by atoms with Crippen LogP contribution in [-0.4, -0.2) is 55.3 Å². The van der Waals surface area contributed by atoms with Crippen molar-refractivity contribution >= 4 is 27.1 Å². The van der Waals surface area contributed by atoms with E-state index in [9.17, 15) is 13.2 Å². The molecule has 1 aliphatic heterocycles. The standard InChI is InChI=1S/C21H28N2O4S2/c1-14(2)17-5-7-18(8-6-17)21-22-19(11-28-21)12-29(25,26)13-20(24)23-9-15(3)27-16(4)10-23/h5-8,11,14-16H,9-10,12-13H2,1-4H3. The molecule has 1 aliphatic rings. The maximum atomic E-state index is 12.6. The van der Waals surface area contributed by atoms with Crippen molar-refractivity contribution in [3.8, 4) is 10.6 Å². The average Bonchev–Trinajstić information content (AvgIpc) is 3.08. The van der Waals surface area contributed by atoms with Crippen LogP contribution in [0.5, 0.6) is 0 Å². The lowest BCUT2D eigenvalue weighted by Crippen LogP contribution is -2.49. The number of rotatable bonds is 6. The fourth-order valence-electron chi connectivity index (χ4n) is 3.45. The Kier molecular flexibility index (Phi) is 6.76. The van der Waals surface area contributed by atoms with E-state index >= 15 is 0 Å². The van der Waals surface area contributed by atoms with Gasteiger partial charge in [0.15, 0.2) is 9.84 Å². The van der Waals surface area contributed by atoms with Crippen LogP contribution in [0.2, 0.25) is 0 Å². The number of sulfone groups is 1. The first-order valence-corrected chi connectivity index (χ1v) is 12.5. The molecule has 6 nitrogen and oxygen atoms in total. The summed E-state index contributed by atoms with van der Waals surface area (Å²) in [4.78, 5) is 18.5. The Morgan fingerprint density at radius 2 is 1.83 bits per heavy atom. The smallest absolute Gasteiger partial charge is 0.237 e. The zero-order chi connectivity index (χ0) is 21.2. The van der Waals surface area contributed by atoms with Crippen LogP contribution in [0.4, 0.5) is 0 Å². The van der Waals surface area contributed by atoms with E-state index in [0.29, 0.717) is 24.7 Å². The Morgan fingerprint density at radius 3 is 2.41 bits per heavy atom. The fraction of sp³-hybridized carbons (Fsp3) is 0.524. The molecule has 2 atom stereocenters. The van der Waals surface area contributed by atoms with E-state index in [1.807, 2.05) is 26.0 Å². The SMILES string of the molecule is CC1CN(C(=O)CS(=O)(=O)Cc2csc(-c3ccc(C(C)C)cc3)n2)CC(C)O1. The fourth-order valence-corrected chi connectivity index (χ4v) is 5.64. The van der Waals surface area contributed by atoms with Crippen LogP contribution < -0.4 is 0 Å². The summed E-state index contributed by atoms with van der Waals surface area (Å²) < 4.78 is 30.7. The van der Waals surface area contributed by atoms with E-state index in [0.717, 1.165) is 10.6 Å². The van der Waals surface area contributed by atoms with Crippen LogP contribution in [0.25, 0.3) is 10.6 Å². The van der Waals surface area contributed by atoms with Gasteiger partial charge in [0.1, 0.15) is 10.8 Å². The van der Waals surface area contributed by atoms with Gasteiger partial charge in [0, 0.05) is 24.0 Å². The summed E-state index contributed by atoms with van der Waals surface area (Å²) in [5.74, 6) is -0.639. The topological polar surface area (TPSA) is 76.6 Å². The Balaban J connectivity index is 1.64. The van der Waals surface area contributed by atoms with Gasteiger partial charge in [-0.15, -0.1) is 11.3 Å². The van der Waals surface area contributed by atoms with E-state index < -0.39 is 15.6 Å². The van der Waals surface area contributed by atoms with Crippen LogP contribution in [0.15, 0.2) is 29.6 Å². The molecule has 29 heavy (non-hydrogen) atoms. The third-order valence-electron chi connectivity index (χ3n) is 4.86. The molecule has 1 aromatic heterocycles. The number of carbonyl (C=O) groups is 1. The minimum Gasteiger partial charge on any atom is -0.372 e. The maximum absolute atomic E-state index is 12.6. The van der Waals surface area contributed by atoms with Crippen molar-refractivity contribution in [3.63, 3.8) is 0 Å². The minimum absolute atomic E-state index is 0.0893. The predicted octanol–water partition coefficient (Wildman–Crippen LogP) is 3.48. The van der Waals surface area contributed by atoms with Gasteiger partial charge in [-0.25, -0.2) is 13.4 Å². The zero-order valence-corrected chi connectivity index (χ0v) is 18.9. The molecular formula is C21H28N2O4S2.